The molecule has 25 heavy (non-hydrogen) atoms. The zero-order valence-corrected chi connectivity index (χ0v) is 14.5. The van der Waals surface area contributed by atoms with Crippen LogP contribution in [0.15, 0.2) is 30.3 Å². The molecule has 0 saturated carbocycles. The highest BCUT2D eigenvalue weighted by Crippen LogP contribution is 2.16. The summed E-state index contributed by atoms with van der Waals surface area (Å²) in [6.07, 6.45) is 0. The molecule has 2 N–H and O–H groups in total. The van der Waals surface area contributed by atoms with Crippen LogP contribution in [0.5, 0.6) is 0 Å². The second kappa shape index (κ2) is 8.13. The minimum atomic E-state index is -0.0125. The number of nitrogens with one attached hydrogen (secondary N) is 2. The molecular weight excluding hydrogens is 320 g/mol. The molecule has 0 bridgehead atoms. The van der Waals surface area contributed by atoms with Gasteiger partial charge in [0, 0.05) is 50.7 Å². The number of H-pyrrole nitrogens is 1. The first-order chi connectivity index (χ1) is 12.2. The Balaban J connectivity index is 1.51. The number of fused-ring (bicyclic) bond motifs is 1. The fraction of sp³-hybridized carbons (Fsp3) is 0.444. The third-order valence-corrected chi connectivity index (χ3v) is 4.44. The first-order valence-electron chi connectivity index (χ1n) is 8.53. The lowest BCUT2D eigenvalue weighted by atomic mass is 10.2. The number of hydrogen-bond acceptors (Lipinski definition) is 4. The third-order valence-electron chi connectivity index (χ3n) is 4.44. The Kier molecular flexibility index (Phi) is 5.67. The highest BCUT2D eigenvalue weighted by atomic mass is 16.5. The number of rotatable bonds is 6. The summed E-state index contributed by atoms with van der Waals surface area (Å²) < 4.78 is 4.94. The number of hydrogen-bond donors (Lipinski definition) is 2. The van der Waals surface area contributed by atoms with Gasteiger partial charge in [-0.2, -0.15) is 0 Å². The summed E-state index contributed by atoms with van der Waals surface area (Å²) in [5.74, 6) is 0.0512. The molecule has 1 aromatic heterocycles. The van der Waals surface area contributed by atoms with E-state index in [1.807, 2.05) is 30.3 Å². The average Bonchev–Trinajstić information content (AvgIpc) is 3.09. The standard InChI is InChI=1S/C18H24N4O3/c1-25-11-6-19-13-17(23)21-7-9-22(10-8-21)18(24)16-12-14-4-2-3-5-15(14)20-16/h2-5,12,19-20H,6-11,13H2,1H3. The second-order valence-electron chi connectivity index (χ2n) is 6.11. The Morgan fingerprint density at radius 1 is 1.16 bits per heavy atom. The maximum absolute atomic E-state index is 12.7. The van der Waals surface area contributed by atoms with Crippen molar-refractivity contribution >= 4 is 22.7 Å². The van der Waals surface area contributed by atoms with Crippen LogP contribution in [0, 0.1) is 0 Å². The molecule has 1 saturated heterocycles. The van der Waals surface area contributed by atoms with E-state index in [1.165, 1.54) is 0 Å². The van der Waals surface area contributed by atoms with Gasteiger partial charge in [-0.05, 0) is 12.1 Å². The normalized spacial score (nSPS) is 14.9. The molecule has 0 aliphatic carbocycles. The zero-order chi connectivity index (χ0) is 17.6. The SMILES string of the molecule is COCCNCC(=O)N1CCN(C(=O)c2cc3ccccc3[nH]2)CC1. The van der Waals surface area contributed by atoms with Gasteiger partial charge in [-0.25, -0.2) is 0 Å². The predicted molar refractivity (Wildman–Crippen MR) is 95.5 cm³/mol. The Morgan fingerprint density at radius 3 is 2.60 bits per heavy atom. The highest BCUT2D eigenvalue weighted by molar-refractivity contribution is 5.98. The summed E-state index contributed by atoms with van der Waals surface area (Å²) in [4.78, 5) is 31.6. The van der Waals surface area contributed by atoms with E-state index < -0.39 is 0 Å². The molecule has 7 heteroatoms. The number of carbonyl (C=O) groups is 2. The van der Waals surface area contributed by atoms with Crippen molar-refractivity contribution in [1.29, 1.82) is 0 Å². The molecule has 1 aliphatic rings. The van der Waals surface area contributed by atoms with Crippen LogP contribution in [0.3, 0.4) is 0 Å². The first kappa shape index (κ1) is 17.4. The van der Waals surface area contributed by atoms with Crippen LogP contribution in [0.25, 0.3) is 10.9 Å². The lowest BCUT2D eigenvalue weighted by molar-refractivity contribution is -0.131. The van der Waals surface area contributed by atoms with Crippen molar-refractivity contribution in [3.63, 3.8) is 0 Å². The molecule has 2 aromatic rings. The van der Waals surface area contributed by atoms with Gasteiger partial charge in [0.25, 0.3) is 5.91 Å². The average molecular weight is 344 g/mol. The molecule has 0 spiro atoms. The lowest BCUT2D eigenvalue weighted by Gasteiger charge is -2.34. The molecule has 1 aliphatic heterocycles. The molecule has 0 unspecified atom stereocenters. The van der Waals surface area contributed by atoms with Crippen LogP contribution in [0.1, 0.15) is 10.5 Å². The van der Waals surface area contributed by atoms with Crippen molar-refractivity contribution in [3.8, 4) is 0 Å². The van der Waals surface area contributed by atoms with Gasteiger partial charge >= 0.3 is 0 Å². The van der Waals surface area contributed by atoms with E-state index in [0.29, 0.717) is 51.6 Å². The van der Waals surface area contributed by atoms with E-state index in [0.717, 1.165) is 10.9 Å². The van der Waals surface area contributed by atoms with E-state index >= 15 is 0 Å². The molecule has 2 heterocycles. The van der Waals surface area contributed by atoms with Gasteiger partial charge in [0.15, 0.2) is 0 Å². The van der Waals surface area contributed by atoms with Crippen molar-refractivity contribution in [1.82, 2.24) is 20.1 Å². The highest BCUT2D eigenvalue weighted by Gasteiger charge is 2.25. The Bertz CT molecular complexity index is 702. The van der Waals surface area contributed by atoms with Crippen molar-refractivity contribution < 1.29 is 14.3 Å². The topological polar surface area (TPSA) is 77.7 Å². The molecule has 3 rings (SSSR count). The molecule has 134 valence electrons. The van der Waals surface area contributed by atoms with Gasteiger partial charge < -0.3 is 24.8 Å². The van der Waals surface area contributed by atoms with Crippen molar-refractivity contribution in [3.05, 3.63) is 36.0 Å². The maximum Gasteiger partial charge on any atom is 0.270 e. The van der Waals surface area contributed by atoms with Crippen LogP contribution in [0.4, 0.5) is 0 Å². The number of piperazine rings is 1. The van der Waals surface area contributed by atoms with E-state index in [4.69, 9.17) is 4.74 Å². The van der Waals surface area contributed by atoms with E-state index in [-0.39, 0.29) is 11.8 Å². The summed E-state index contributed by atoms with van der Waals surface area (Å²) >= 11 is 0. The number of aromatic amines is 1. The number of para-hydroxylation sites is 1. The van der Waals surface area contributed by atoms with Gasteiger partial charge in [-0.3, -0.25) is 9.59 Å². The minimum absolute atomic E-state index is 0.0125. The largest absolute Gasteiger partial charge is 0.383 e. The van der Waals surface area contributed by atoms with Gasteiger partial charge in [-0.1, -0.05) is 18.2 Å². The predicted octanol–water partition coefficient (Wildman–Crippen LogP) is 0.688. The number of carbonyl (C=O) groups excluding carboxylic acids is 2. The molecule has 0 atom stereocenters. The van der Waals surface area contributed by atoms with Crippen LogP contribution >= 0.6 is 0 Å². The van der Waals surface area contributed by atoms with Crippen LogP contribution in [-0.2, 0) is 9.53 Å². The van der Waals surface area contributed by atoms with E-state index in [9.17, 15) is 9.59 Å². The molecule has 7 nitrogen and oxygen atoms in total. The number of amides is 2. The van der Waals surface area contributed by atoms with Gasteiger partial charge in [0.1, 0.15) is 5.69 Å². The zero-order valence-electron chi connectivity index (χ0n) is 14.5. The van der Waals surface area contributed by atoms with Crippen molar-refractivity contribution in [2.24, 2.45) is 0 Å². The minimum Gasteiger partial charge on any atom is -0.383 e. The molecule has 0 radical (unpaired) electrons. The number of benzene rings is 1. The summed E-state index contributed by atoms with van der Waals surface area (Å²) in [7, 11) is 1.63. The quantitative estimate of drug-likeness (QED) is 0.756. The van der Waals surface area contributed by atoms with Gasteiger partial charge in [0.2, 0.25) is 5.91 Å². The van der Waals surface area contributed by atoms with Gasteiger partial charge in [0.05, 0.1) is 13.2 Å². The number of methoxy groups -OCH3 is 1. The maximum atomic E-state index is 12.7. The Morgan fingerprint density at radius 2 is 1.88 bits per heavy atom. The second-order valence-corrected chi connectivity index (χ2v) is 6.11. The first-order valence-corrected chi connectivity index (χ1v) is 8.53. The summed E-state index contributed by atoms with van der Waals surface area (Å²) in [6, 6.07) is 9.72. The van der Waals surface area contributed by atoms with Gasteiger partial charge in [-0.15, -0.1) is 0 Å². The van der Waals surface area contributed by atoms with Crippen LogP contribution in [0.2, 0.25) is 0 Å². The Labute approximate surface area is 146 Å². The fourth-order valence-electron chi connectivity index (χ4n) is 3.00. The monoisotopic (exact) mass is 344 g/mol. The number of ether oxygens (including phenoxy) is 1. The fourth-order valence-corrected chi connectivity index (χ4v) is 3.00. The van der Waals surface area contributed by atoms with Crippen molar-refractivity contribution in [2.45, 2.75) is 0 Å². The van der Waals surface area contributed by atoms with Crippen molar-refractivity contribution in [2.75, 3.05) is 53.0 Å². The van der Waals surface area contributed by atoms with E-state index in [2.05, 4.69) is 10.3 Å². The molecular formula is C18H24N4O3. The summed E-state index contributed by atoms with van der Waals surface area (Å²) in [5.41, 5.74) is 1.56. The molecule has 2 amide bonds. The molecule has 1 aromatic carbocycles. The van der Waals surface area contributed by atoms with E-state index in [1.54, 1.807) is 16.9 Å². The lowest BCUT2D eigenvalue weighted by Crippen LogP contribution is -2.52. The number of aromatic nitrogens is 1. The summed E-state index contributed by atoms with van der Waals surface area (Å²) in [6.45, 7) is 3.78. The third kappa shape index (κ3) is 4.18. The molecule has 1 fully saturated rings. The number of nitrogens with zero attached hydrogens (tertiary/aromatic N) is 2. The summed E-state index contributed by atoms with van der Waals surface area (Å²) in [5, 5.41) is 4.09. The smallest absolute Gasteiger partial charge is 0.270 e. The van der Waals surface area contributed by atoms with Crippen LogP contribution in [-0.4, -0.2) is 79.6 Å². The Hall–Kier alpha value is -2.38. The van der Waals surface area contributed by atoms with Crippen LogP contribution < -0.4 is 5.32 Å².